The van der Waals surface area contributed by atoms with Gasteiger partial charge in [-0.15, -0.1) is 0 Å². The van der Waals surface area contributed by atoms with Crippen LogP contribution in [-0.2, 0) is 64.0 Å². The van der Waals surface area contributed by atoms with Gasteiger partial charge in [0.25, 0.3) is 0 Å². The number of nitrogens with zero attached hydrogens (tertiary/aromatic N) is 1. The Kier molecular flexibility index (Phi) is 15.5. The number of hydrogen-bond donors (Lipinski definition) is 0. The molecule has 1 aromatic heterocycles. The number of hydrogen-bond acceptors (Lipinski definition) is 3. The first-order chi connectivity index (χ1) is 39.3. The molecule has 0 unspecified atom stereocenters. The third-order valence-corrected chi connectivity index (χ3v) is 24.4. The van der Waals surface area contributed by atoms with Gasteiger partial charge in [-0.05, 0) is 191 Å². The Labute approximate surface area is 511 Å². The molecule has 7 aromatic rings. The first-order valence-corrected chi connectivity index (χ1v) is 35.6. The van der Waals surface area contributed by atoms with Gasteiger partial charge in [-0.2, -0.15) is 0 Å². The van der Waals surface area contributed by atoms with Crippen LogP contribution in [0, 0.1) is 35.5 Å². The molecular weight excluding hydrogens is 1090 g/mol. The Hall–Kier alpha value is -5.05. The zero-order valence-corrected chi connectivity index (χ0v) is 54.9. The summed E-state index contributed by atoms with van der Waals surface area (Å²) in [5.74, 6) is 5.00. The maximum atomic E-state index is 15.1. The number of rotatable bonds is 10. The summed E-state index contributed by atoms with van der Waals surface area (Å²) in [5.41, 5.74) is 18.0. The Morgan fingerprint density at radius 3 is 0.964 bits per heavy atom. The molecule has 0 amide bonds. The summed E-state index contributed by atoms with van der Waals surface area (Å²) >= 11 is -0.367. The van der Waals surface area contributed by atoms with Crippen molar-refractivity contribution in [1.82, 2.24) is 4.98 Å². The van der Waals surface area contributed by atoms with Crippen LogP contribution in [0.2, 0.25) is 0 Å². The molecule has 6 aromatic carbocycles. The summed E-state index contributed by atoms with van der Waals surface area (Å²) in [4.78, 5) is 5.44. The van der Waals surface area contributed by atoms with Gasteiger partial charge in [0.05, 0.1) is 11.4 Å². The van der Waals surface area contributed by atoms with E-state index in [-0.39, 0.29) is 67.2 Å². The van der Waals surface area contributed by atoms with Gasteiger partial charge < -0.3 is 10.2 Å². The number of pyridine rings is 1. The molecule has 0 aliphatic heterocycles. The van der Waals surface area contributed by atoms with Crippen LogP contribution < -0.4 is 10.2 Å². The van der Waals surface area contributed by atoms with Crippen LogP contribution in [-0.4, -0.2) is 4.98 Å². The van der Waals surface area contributed by atoms with Gasteiger partial charge in [0, 0.05) is 11.1 Å². The summed E-state index contributed by atoms with van der Waals surface area (Å²) < 4.78 is 2.66. The molecule has 0 radical (unpaired) electrons. The van der Waals surface area contributed by atoms with Crippen LogP contribution in [0.3, 0.4) is 0 Å². The molecule has 1 heterocycles. The fourth-order valence-electron chi connectivity index (χ4n) is 17.4. The summed E-state index contributed by atoms with van der Waals surface area (Å²) in [6.45, 7) is 27.4. The van der Waals surface area contributed by atoms with E-state index in [1.165, 1.54) is 119 Å². The first kappa shape index (κ1) is 58.3. The molecule has 8 aliphatic rings. The van der Waals surface area contributed by atoms with Crippen LogP contribution >= 0.6 is 0 Å². The third-order valence-electron chi connectivity index (χ3n) is 21.2. The van der Waals surface area contributed by atoms with E-state index in [4.69, 9.17) is 4.98 Å². The second-order valence-corrected chi connectivity index (χ2v) is 34.7. The third kappa shape index (κ3) is 11.9. The van der Waals surface area contributed by atoms with Gasteiger partial charge in [-0.25, -0.2) is 4.98 Å². The predicted molar refractivity (Wildman–Crippen MR) is 340 cm³/mol. The molecular formula is C79H93NO2Zr. The monoisotopic (exact) mass is 1180 g/mol. The quantitative estimate of drug-likeness (QED) is 0.137. The molecule has 8 aliphatic carbocycles. The second-order valence-electron chi connectivity index (χ2n) is 31.7. The molecule has 8 bridgehead atoms. The molecule has 4 heteroatoms. The minimum atomic E-state index is -0.367. The molecule has 430 valence electrons. The van der Waals surface area contributed by atoms with E-state index in [1.54, 1.807) is 0 Å². The van der Waals surface area contributed by atoms with Crippen LogP contribution in [0.1, 0.15) is 205 Å². The molecule has 15 rings (SSSR count). The Balaban J connectivity index is 0.000000249. The van der Waals surface area contributed by atoms with E-state index in [0.717, 1.165) is 91.4 Å². The van der Waals surface area contributed by atoms with Gasteiger partial charge in [-0.3, -0.25) is 0 Å². The van der Waals surface area contributed by atoms with Crippen molar-refractivity contribution < 1.29 is 33.4 Å². The zero-order valence-electron chi connectivity index (χ0n) is 52.4. The van der Waals surface area contributed by atoms with E-state index < -0.39 is 0 Å². The van der Waals surface area contributed by atoms with Crippen molar-refractivity contribution in [3.63, 3.8) is 0 Å². The zero-order chi connectivity index (χ0) is 58.4. The van der Waals surface area contributed by atoms with E-state index in [9.17, 15) is 0 Å². The molecule has 8 fully saturated rings. The molecule has 83 heavy (non-hydrogen) atoms. The van der Waals surface area contributed by atoms with Gasteiger partial charge in [0.2, 0.25) is 0 Å². The molecule has 0 N–H and O–H groups in total. The van der Waals surface area contributed by atoms with Crippen molar-refractivity contribution >= 4 is 0 Å². The van der Waals surface area contributed by atoms with Crippen molar-refractivity contribution in [2.75, 3.05) is 0 Å². The summed E-state index contributed by atoms with van der Waals surface area (Å²) in [6, 6.07) is 50.8. The van der Waals surface area contributed by atoms with E-state index in [1.807, 2.05) is 0 Å². The van der Waals surface area contributed by atoms with E-state index >= 15 is 10.2 Å². The maximum absolute atomic E-state index is 15.1. The Morgan fingerprint density at radius 1 is 0.361 bits per heavy atom. The van der Waals surface area contributed by atoms with Crippen LogP contribution in [0.25, 0.3) is 44.8 Å². The molecule has 0 spiro atoms. The van der Waals surface area contributed by atoms with E-state index in [2.05, 4.69) is 223 Å². The van der Waals surface area contributed by atoms with Crippen LogP contribution in [0.4, 0.5) is 0 Å². The van der Waals surface area contributed by atoms with Crippen molar-refractivity contribution in [3.8, 4) is 56.3 Å². The second kappa shape index (κ2) is 22.0. The predicted octanol–water partition coefficient (Wildman–Crippen LogP) is 19.5. The van der Waals surface area contributed by atoms with Crippen molar-refractivity contribution in [1.29, 1.82) is 0 Å². The van der Waals surface area contributed by atoms with Gasteiger partial charge in [0.1, 0.15) is 0 Å². The minimum absolute atomic E-state index is 0.00106. The molecule has 0 atom stereocenters. The summed E-state index contributed by atoms with van der Waals surface area (Å²) in [7, 11) is 0. The van der Waals surface area contributed by atoms with Crippen molar-refractivity contribution in [2.24, 2.45) is 35.5 Å². The fraction of sp³-hybridized carbons (Fsp3) is 0.481. The molecule has 8 saturated carbocycles. The topological polar surface area (TPSA) is 59.0 Å². The van der Waals surface area contributed by atoms with Crippen LogP contribution in [0.5, 0.6) is 11.5 Å². The summed E-state index contributed by atoms with van der Waals surface area (Å²) in [5, 5.41) is 30.3. The van der Waals surface area contributed by atoms with E-state index in [0.29, 0.717) is 0 Å². The molecule has 3 nitrogen and oxygen atoms in total. The van der Waals surface area contributed by atoms with Gasteiger partial charge in [0.15, 0.2) is 0 Å². The number of aromatic nitrogens is 1. The fourth-order valence-corrected chi connectivity index (χ4v) is 20.3. The number of benzene rings is 6. The average Bonchev–Trinajstić information content (AvgIpc) is 1.02. The van der Waals surface area contributed by atoms with Crippen LogP contribution in [0.15, 0.2) is 140 Å². The normalized spacial score (nSPS) is 25.3. The van der Waals surface area contributed by atoms with Gasteiger partial charge in [-0.1, -0.05) is 132 Å². The van der Waals surface area contributed by atoms with Crippen molar-refractivity contribution in [2.45, 2.75) is 201 Å². The first-order valence-electron chi connectivity index (χ1n) is 32.1. The van der Waals surface area contributed by atoms with Crippen molar-refractivity contribution in [3.05, 3.63) is 184 Å². The SMILES string of the molecule is CC(C)(C)c1cc(-c2ccccc2-c2cccc(-c3ccccc3-c3cc(C(C)(C)C)cc(C45CC6CC(CC(C6)C4)C5)c3[O-])n2)c([O-])c(C23CC4CC(CC(C4)C2)C3)c1.CC(C)(C)c1ccc([CH2][Zr+2][CH2]c2ccc(C(C)(C)C)cc2)cc1. The standard InChI is InChI=1S/C57H65NO2.2C11H15.Zr/c1-54(2,3)40-24-46(52(59)48(26-40)56-28-34-18-35(29-56)20-36(19-34)30-56)42-12-7-9-14-44(42)50-16-11-17-51(58-50)45-15-10-8-13-43(45)47-25-41(55(4,5)6)27-49(53(47)60)57-31-37-21-38(32-57)23-39(22-37)33-57;2*1-9-5-7-10(8-6-9)11(2,3)4;/h7-17,24-27,34-39,59-60H,18-23,28-33H2,1-6H3;2*5-8H,1H2,2-4H3;/q;;;+2/p-2. The Morgan fingerprint density at radius 2 is 0.663 bits per heavy atom. The molecule has 0 saturated heterocycles. The Bertz CT molecular complexity index is 3200. The average molecular weight is 1180 g/mol. The summed E-state index contributed by atoms with van der Waals surface area (Å²) in [6.07, 6.45) is 15.1. The van der Waals surface area contributed by atoms with Gasteiger partial charge >= 0.3 is 155 Å².